The van der Waals surface area contributed by atoms with E-state index in [9.17, 15) is 13.2 Å². The van der Waals surface area contributed by atoms with Crippen molar-refractivity contribution in [3.05, 3.63) is 83.4 Å². The number of nitrogens with one attached hydrogen (secondary N) is 2. The van der Waals surface area contributed by atoms with Gasteiger partial charge in [-0.3, -0.25) is 9.52 Å². The highest BCUT2D eigenvalue weighted by Gasteiger charge is 2.16. The van der Waals surface area contributed by atoms with Crippen molar-refractivity contribution in [2.75, 3.05) is 17.6 Å². The Hall–Kier alpha value is -2.97. The average Bonchev–Trinajstić information content (AvgIpc) is 2.80. The fourth-order valence-electron chi connectivity index (χ4n) is 3.17. The fraction of sp³-hybridized carbons (Fsp3) is 0.240. The van der Waals surface area contributed by atoms with Gasteiger partial charge in [0.1, 0.15) is 5.75 Å². The van der Waals surface area contributed by atoms with Crippen LogP contribution in [0.5, 0.6) is 5.75 Å². The summed E-state index contributed by atoms with van der Waals surface area (Å²) in [6.45, 7) is 5.50. The summed E-state index contributed by atoms with van der Waals surface area (Å²) in [7, 11) is -3.74. The zero-order chi connectivity index (χ0) is 24.0. The molecular formula is C25H28N2O4S2. The predicted octanol–water partition coefficient (Wildman–Crippen LogP) is 5.08. The number of aryl methyl sites for hydroxylation is 2. The summed E-state index contributed by atoms with van der Waals surface area (Å²) >= 11 is 1.66. The van der Waals surface area contributed by atoms with Crippen LogP contribution >= 0.6 is 11.8 Å². The van der Waals surface area contributed by atoms with Crippen LogP contribution in [-0.4, -0.2) is 27.2 Å². The SMILES string of the molecule is CSc1ccc(C(C)NC(=O)COc2ccc(S(=O)(=O)Nc3cc(C)ccc3C)cc2)cc1. The number of carbonyl (C=O) groups excluding carboxylic acids is 1. The molecule has 8 heteroatoms. The van der Waals surface area contributed by atoms with E-state index in [-0.39, 0.29) is 23.5 Å². The van der Waals surface area contributed by atoms with Crippen LogP contribution in [0.15, 0.2) is 76.5 Å². The number of sulfonamides is 1. The van der Waals surface area contributed by atoms with Crippen LogP contribution < -0.4 is 14.8 Å². The van der Waals surface area contributed by atoms with Gasteiger partial charge in [-0.25, -0.2) is 8.42 Å². The number of hydrogen-bond donors (Lipinski definition) is 2. The van der Waals surface area contributed by atoms with Gasteiger partial charge in [-0.05, 0) is 86.2 Å². The Morgan fingerprint density at radius 2 is 1.67 bits per heavy atom. The third-order valence-corrected chi connectivity index (χ3v) is 7.26. The number of carbonyl (C=O) groups is 1. The first-order valence-corrected chi connectivity index (χ1v) is 13.1. The van der Waals surface area contributed by atoms with Gasteiger partial charge in [-0.2, -0.15) is 0 Å². The Morgan fingerprint density at radius 1 is 1.00 bits per heavy atom. The van der Waals surface area contributed by atoms with Gasteiger partial charge in [0.15, 0.2) is 6.61 Å². The van der Waals surface area contributed by atoms with Gasteiger partial charge in [0.2, 0.25) is 0 Å². The third kappa shape index (κ3) is 6.76. The Balaban J connectivity index is 1.56. The van der Waals surface area contributed by atoms with Crippen molar-refractivity contribution in [2.45, 2.75) is 36.6 Å². The van der Waals surface area contributed by atoms with Crippen molar-refractivity contribution in [2.24, 2.45) is 0 Å². The summed E-state index contributed by atoms with van der Waals surface area (Å²) in [5.41, 5.74) is 3.35. The van der Waals surface area contributed by atoms with Crippen LogP contribution in [0.25, 0.3) is 0 Å². The second-order valence-electron chi connectivity index (χ2n) is 7.75. The second kappa shape index (κ2) is 10.8. The minimum Gasteiger partial charge on any atom is -0.484 e. The Labute approximate surface area is 199 Å². The van der Waals surface area contributed by atoms with Gasteiger partial charge in [0, 0.05) is 4.90 Å². The topological polar surface area (TPSA) is 84.5 Å². The molecule has 0 aliphatic rings. The lowest BCUT2D eigenvalue weighted by Crippen LogP contribution is -2.31. The summed E-state index contributed by atoms with van der Waals surface area (Å²) in [5, 5.41) is 2.90. The molecule has 3 aromatic carbocycles. The molecule has 0 aromatic heterocycles. The number of thioether (sulfide) groups is 1. The van der Waals surface area contributed by atoms with Crippen LogP contribution in [0, 0.1) is 13.8 Å². The molecule has 0 spiro atoms. The summed E-state index contributed by atoms with van der Waals surface area (Å²) in [4.78, 5) is 13.5. The molecule has 1 atom stereocenters. The molecule has 0 heterocycles. The van der Waals surface area contributed by atoms with Gasteiger partial charge in [0.05, 0.1) is 16.6 Å². The molecule has 3 rings (SSSR count). The molecular weight excluding hydrogens is 456 g/mol. The van der Waals surface area contributed by atoms with Gasteiger partial charge < -0.3 is 10.1 Å². The van der Waals surface area contributed by atoms with Crippen LogP contribution in [0.4, 0.5) is 5.69 Å². The Morgan fingerprint density at radius 3 is 2.30 bits per heavy atom. The Bertz CT molecular complexity index is 1210. The largest absolute Gasteiger partial charge is 0.484 e. The number of benzene rings is 3. The first kappa shape index (κ1) is 24.7. The number of amides is 1. The molecule has 174 valence electrons. The minimum absolute atomic E-state index is 0.113. The highest BCUT2D eigenvalue weighted by molar-refractivity contribution is 7.98. The molecule has 33 heavy (non-hydrogen) atoms. The van der Waals surface area contributed by atoms with Gasteiger partial charge in [-0.1, -0.05) is 24.3 Å². The zero-order valence-electron chi connectivity index (χ0n) is 19.1. The molecule has 0 aliphatic carbocycles. The molecule has 1 unspecified atom stereocenters. The van der Waals surface area contributed by atoms with Gasteiger partial charge in [0.25, 0.3) is 15.9 Å². The lowest BCUT2D eigenvalue weighted by atomic mass is 10.1. The quantitative estimate of drug-likeness (QED) is 0.414. The lowest BCUT2D eigenvalue weighted by molar-refractivity contribution is -0.123. The number of hydrogen-bond acceptors (Lipinski definition) is 5. The van der Waals surface area contributed by atoms with Crippen molar-refractivity contribution in [1.82, 2.24) is 5.32 Å². The third-order valence-electron chi connectivity index (χ3n) is 5.13. The maximum absolute atomic E-state index is 12.7. The van der Waals surface area contributed by atoms with Crippen molar-refractivity contribution in [3.8, 4) is 5.75 Å². The summed E-state index contributed by atoms with van der Waals surface area (Å²) in [6, 6.07) is 19.4. The van der Waals surface area contributed by atoms with E-state index in [0.29, 0.717) is 11.4 Å². The molecule has 6 nitrogen and oxygen atoms in total. The number of anilines is 1. The standard InChI is InChI=1S/C25H28N2O4S2/c1-17-5-6-18(2)24(15-17)27-33(29,30)23-13-9-21(10-14-23)31-16-25(28)26-19(3)20-7-11-22(32-4)12-8-20/h5-15,19,27H,16H2,1-4H3,(H,26,28). The van der Waals surface area contributed by atoms with Crippen LogP contribution in [0.1, 0.15) is 29.7 Å². The lowest BCUT2D eigenvalue weighted by Gasteiger charge is -2.15. The fourth-order valence-corrected chi connectivity index (χ4v) is 4.70. The minimum atomic E-state index is -3.74. The summed E-state index contributed by atoms with van der Waals surface area (Å²) in [6.07, 6.45) is 2.01. The first-order chi connectivity index (χ1) is 15.7. The Kier molecular flexibility index (Phi) is 8.05. The van der Waals surface area contributed by atoms with E-state index in [1.807, 2.05) is 63.4 Å². The zero-order valence-corrected chi connectivity index (χ0v) is 20.7. The predicted molar refractivity (Wildman–Crippen MR) is 133 cm³/mol. The molecule has 0 saturated carbocycles. The van der Waals surface area contributed by atoms with Crippen molar-refractivity contribution < 1.29 is 17.9 Å². The second-order valence-corrected chi connectivity index (χ2v) is 10.3. The summed E-state index contributed by atoms with van der Waals surface area (Å²) < 4.78 is 33.6. The molecule has 0 radical (unpaired) electrons. The van der Waals surface area contributed by atoms with Crippen LogP contribution in [-0.2, 0) is 14.8 Å². The molecule has 0 bridgehead atoms. The monoisotopic (exact) mass is 484 g/mol. The van der Waals surface area contributed by atoms with Gasteiger partial charge in [-0.15, -0.1) is 11.8 Å². The van der Waals surface area contributed by atoms with E-state index in [0.717, 1.165) is 21.6 Å². The molecule has 1 amide bonds. The first-order valence-electron chi connectivity index (χ1n) is 10.4. The molecule has 0 fully saturated rings. The number of rotatable bonds is 9. The van der Waals surface area contributed by atoms with E-state index >= 15 is 0 Å². The maximum atomic E-state index is 12.7. The van der Waals surface area contributed by atoms with Crippen LogP contribution in [0.2, 0.25) is 0 Å². The van der Waals surface area contributed by atoms with Crippen molar-refractivity contribution in [1.29, 1.82) is 0 Å². The van der Waals surface area contributed by atoms with Gasteiger partial charge >= 0.3 is 0 Å². The van der Waals surface area contributed by atoms with E-state index in [2.05, 4.69) is 10.0 Å². The highest BCUT2D eigenvalue weighted by atomic mass is 32.2. The smallest absolute Gasteiger partial charge is 0.261 e. The molecule has 0 aliphatic heterocycles. The molecule has 0 saturated heterocycles. The summed E-state index contributed by atoms with van der Waals surface area (Å²) in [5.74, 6) is 0.151. The number of ether oxygens (including phenoxy) is 1. The van der Waals surface area contributed by atoms with E-state index in [1.54, 1.807) is 17.8 Å². The normalized spacial score (nSPS) is 12.1. The van der Waals surface area contributed by atoms with E-state index in [4.69, 9.17) is 4.74 Å². The van der Waals surface area contributed by atoms with Crippen molar-refractivity contribution >= 4 is 33.4 Å². The van der Waals surface area contributed by atoms with Crippen molar-refractivity contribution in [3.63, 3.8) is 0 Å². The maximum Gasteiger partial charge on any atom is 0.261 e. The van der Waals surface area contributed by atoms with E-state index < -0.39 is 10.0 Å². The highest BCUT2D eigenvalue weighted by Crippen LogP contribution is 2.23. The van der Waals surface area contributed by atoms with Crippen LogP contribution in [0.3, 0.4) is 0 Å². The van der Waals surface area contributed by atoms with E-state index in [1.165, 1.54) is 24.3 Å². The molecule has 2 N–H and O–H groups in total. The molecule has 3 aromatic rings. The average molecular weight is 485 g/mol.